The second-order valence-electron chi connectivity index (χ2n) is 5.32. The van der Waals surface area contributed by atoms with Crippen molar-refractivity contribution in [1.29, 1.82) is 5.41 Å². The molecule has 0 aliphatic carbocycles. The van der Waals surface area contributed by atoms with E-state index in [2.05, 4.69) is 13.8 Å². The number of anilines is 1. The second kappa shape index (κ2) is 6.20. The van der Waals surface area contributed by atoms with Crippen molar-refractivity contribution in [3.63, 3.8) is 0 Å². The lowest BCUT2D eigenvalue weighted by Gasteiger charge is -2.28. The van der Waals surface area contributed by atoms with Gasteiger partial charge in [0.05, 0.1) is 16.1 Å². The van der Waals surface area contributed by atoms with Gasteiger partial charge in [-0.15, -0.1) is 0 Å². The zero-order valence-electron chi connectivity index (χ0n) is 11.7. The predicted molar refractivity (Wildman–Crippen MR) is 81.2 cm³/mol. The van der Waals surface area contributed by atoms with Gasteiger partial charge in [0.25, 0.3) is 0 Å². The fourth-order valence-corrected chi connectivity index (χ4v) is 2.49. The van der Waals surface area contributed by atoms with Gasteiger partial charge in [-0.25, -0.2) is 0 Å². The van der Waals surface area contributed by atoms with Crippen molar-refractivity contribution in [1.82, 2.24) is 0 Å². The van der Waals surface area contributed by atoms with Crippen LogP contribution in [0.5, 0.6) is 0 Å². The zero-order valence-corrected chi connectivity index (χ0v) is 12.4. The SMILES string of the molecule is CCC(C=N)(CC(C)C)C(=O)c1ccc(N)c(Cl)c1. The van der Waals surface area contributed by atoms with Crippen molar-refractivity contribution < 1.29 is 4.79 Å². The highest BCUT2D eigenvalue weighted by Gasteiger charge is 2.35. The number of carbonyl (C=O) groups excluding carboxylic acids is 1. The molecule has 0 spiro atoms. The van der Waals surface area contributed by atoms with Gasteiger partial charge < -0.3 is 11.1 Å². The Bertz CT molecular complexity index is 485. The summed E-state index contributed by atoms with van der Waals surface area (Å²) in [6, 6.07) is 4.90. The van der Waals surface area contributed by atoms with E-state index >= 15 is 0 Å². The van der Waals surface area contributed by atoms with E-state index in [1.807, 2.05) is 6.92 Å². The van der Waals surface area contributed by atoms with E-state index in [-0.39, 0.29) is 5.78 Å². The zero-order chi connectivity index (χ0) is 14.6. The molecule has 3 nitrogen and oxygen atoms in total. The molecule has 3 N–H and O–H groups in total. The highest BCUT2D eigenvalue weighted by atomic mass is 35.5. The van der Waals surface area contributed by atoms with E-state index in [1.54, 1.807) is 18.2 Å². The van der Waals surface area contributed by atoms with Crippen LogP contribution < -0.4 is 5.73 Å². The molecule has 0 bridgehead atoms. The first kappa shape index (κ1) is 15.7. The van der Waals surface area contributed by atoms with Gasteiger partial charge >= 0.3 is 0 Å². The molecule has 1 unspecified atom stereocenters. The molecule has 0 amide bonds. The number of hydrogen-bond donors (Lipinski definition) is 2. The van der Waals surface area contributed by atoms with E-state index in [9.17, 15) is 4.79 Å². The molecular weight excluding hydrogens is 260 g/mol. The number of hydrogen-bond acceptors (Lipinski definition) is 3. The van der Waals surface area contributed by atoms with Gasteiger partial charge in [-0.2, -0.15) is 0 Å². The summed E-state index contributed by atoms with van der Waals surface area (Å²) in [7, 11) is 0. The third kappa shape index (κ3) is 3.35. The summed E-state index contributed by atoms with van der Waals surface area (Å²) in [5.41, 5.74) is 5.89. The molecule has 0 aliphatic heterocycles. The Morgan fingerprint density at radius 3 is 2.58 bits per heavy atom. The Kier molecular flexibility index (Phi) is 5.12. The summed E-state index contributed by atoms with van der Waals surface area (Å²) in [5, 5.41) is 8.05. The molecule has 1 rings (SSSR count). The van der Waals surface area contributed by atoms with Gasteiger partial charge in [-0.3, -0.25) is 4.79 Å². The van der Waals surface area contributed by atoms with Crippen molar-refractivity contribution in [3.05, 3.63) is 28.8 Å². The number of ketones is 1. The van der Waals surface area contributed by atoms with E-state index in [4.69, 9.17) is 22.7 Å². The van der Waals surface area contributed by atoms with Crippen molar-refractivity contribution in [2.45, 2.75) is 33.6 Å². The number of rotatable bonds is 6. The quantitative estimate of drug-likeness (QED) is 0.466. The fraction of sp³-hybridized carbons (Fsp3) is 0.467. The maximum Gasteiger partial charge on any atom is 0.174 e. The summed E-state index contributed by atoms with van der Waals surface area (Å²) < 4.78 is 0. The average molecular weight is 281 g/mol. The molecular formula is C15H21ClN2O. The summed E-state index contributed by atoms with van der Waals surface area (Å²) in [6.07, 6.45) is 2.54. The van der Waals surface area contributed by atoms with Gasteiger partial charge in [0, 0.05) is 11.8 Å². The first-order valence-corrected chi connectivity index (χ1v) is 6.85. The minimum atomic E-state index is -0.742. The number of Topliss-reactive ketones (excluding diaryl/α,β-unsaturated/α-hetero) is 1. The molecule has 19 heavy (non-hydrogen) atoms. The van der Waals surface area contributed by atoms with Crippen LogP contribution in [0.2, 0.25) is 5.02 Å². The van der Waals surface area contributed by atoms with Crippen LogP contribution >= 0.6 is 11.6 Å². The first-order valence-electron chi connectivity index (χ1n) is 6.47. The molecule has 0 aromatic heterocycles. The van der Waals surface area contributed by atoms with Crippen LogP contribution in [-0.4, -0.2) is 12.0 Å². The molecule has 0 saturated heterocycles. The lowest BCUT2D eigenvalue weighted by atomic mass is 9.73. The molecule has 1 aromatic rings. The summed E-state index contributed by atoms with van der Waals surface area (Å²) in [6.45, 7) is 6.04. The Morgan fingerprint density at radius 1 is 1.53 bits per heavy atom. The van der Waals surface area contributed by atoms with Crippen molar-refractivity contribution in [3.8, 4) is 0 Å². The maximum atomic E-state index is 12.7. The normalized spacial score (nSPS) is 14.2. The summed E-state index contributed by atoms with van der Waals surface area (Å²) in [4.78, 5) is 12.7. The smallest absolute Gasteiger partial charge is 0.174 e. The minimum absolute atomic E-state index is 0.0550. The average Bonchev–Trinajstić information content (AvgIpc) is 2.38. The lowest BCUT2D eigenvalue weighted by molar-refractivity contribution is 0.0847. The molecule has 0 fully saturated rings. The summed E-state index contributed by atoms with van der Waals surface area (Å²) in [5.74, 6) is 0.287. The lowest BCUT2D eigenvalue weighted by Crippen LogP contribution is -2.33. The predicted octanol–water partition coefficient (Wildman–Crippen LogP) is 4.20. The highest BCUT2D eigenvalue weighted by Crippen LogP contribution is 2.33. The van der Waals surface area contributed by atoms with Gasteiger partial charge in [0.15, 0.2) is 5.78 Å². The number of nitrogens with two attached hydrogens (primary N) is 1. The molecule has 1 aromatic carbocycles. The van der Waals surface area contributed by atoms with Crippen molar-refractivity contribution in [2.24, 2.45) is 11.3 Å². The molecule has 0 saturated carbocycles. The van der Waals surface area contributed by atoms with Crippen LogP contribution in [-0.2, 0) is 0 Å². The van der Waals surface area contributed by atoms with E-state index < -0.39 is 5.41 Å². The number of nitrogens with one attached hydrogen (secondary N) is 1. The third-order valence-electron chi connectivity index (χ3n) is 3.39. The van der Waals surface area contributed by atoms with Gasteiger partial charge in [-0.1, -0.05) is 32.4 Å². The van der Waals surface area contributed by atoms with Gasteiger partial charge in [0.2, 0.25) is 0 Å². The fourth-order valence-electron chi connectivity index (χ4n) is 2.31. The Hall–Kier alpha value is -1.35. The minimum Gasteiger partial charge on any atom is -0.398 e. The van der Waals surface area contributed by atoms with Crippen LogP contribution in [0.1, 0.15) is 44.0 Å². The number of benzene rings is 1. The number of nitrogen functional groups attached to an aromatic ring is 1. The Labute approximate surface area is 119 Å². The molecule has 4 heteroatoms. The van der Waals surface area contributed by atoms with Gasteiger partial charge in [0.1, 0.15) is 0 Å². The van der Waals surface area contributed by atoms with Crippen LogP contribution in [0.3, 0.4) is 0 Å². The van der Waals surface area contributed by atoms with Crippen LogP contribution in [0, 0.1) is 16.7 Å². The van der Waals surface area contributed by atoms with Crippen LogP contribution in [0.4, 0.5) is 5.69 Å². The van der Waals surface area contributed by atoms with Crippen LogP contribution in [0.15, 0.2) is 18.2 Å². The number of halogens is 1. The third-order valence-corrected chi connectivity index (χ3v) is 3.72. The standard InChI is InChI=1S/C15H21ClN2O/c1-4-15(9-17,8-10(2)3)14(19)11-5-6-13(18)12(16)7-11/h5-7,9-10,17H,4,8,18H2,1-3H3. The molecule has 1 atom stereocenters. The Balaban J connectivity index is 3.19. The van der Waals surface area contributed by atoms with Gasteiger partial charge in [-0.05, 0) is 37.0 Å². The topological polar surface area (TPSA) is 66.9 Å². The van der Waals surface area contributed by atoms with E-state index in [0.717, 1.165) is 0 Å². The monoisotopic (exact) mass is 280 g/mol. The summed E-state index contributed by atoms with van der Waals surface area (Å²) >= 11 is 5.97. The van der Waals surface area contributed by atoms with Crippen molar-refractivity contribution in [2.75, 3.05) is 5.73 Å². The molecule has 0 aliphatic rings. The maximum absolute atomic E-state index is 12.7. The number of carbonyl (C=O) groups is 1. The second-order valence-corrected chi connectivity index (χ2v) is 5.72. The first-order chi connectivity index (χ1) is 8.86. The largest absolute Gasteiger partial charge is 0.398 e. The molecule has 0 radical (unpaired) electrons. The molecule has 0 heterocycles. The van der Waals surface area contributed by atoms with E-state index in [1.165, 1.54) is 6.21 Å². The van der Waals surface area contributed by atoms with Crippen molar-refractivity contribution >= 4 is 29.3 Å². The Morgan fingerprint density at radius 2 is 2.16 bits per heavy atom. The van der Waals surface area contributed by atoms with E-state index in [0.29, 0.717) is 35.0 Å². The highest BCUT2D eigenvalue weighted by molar-refractivity contribution is 6.33. The van der Waals surface area contributed by atoms with Crippen LogP contribution in [0.25, 0.3) is 0 Å². The molecule has 104 valence electrons.